The highest BCUT2D eigenvalue weighted by atomic mass is 16.3. The maximum absolute atomic E-state index is 10.2. The van der Waals surface area contributed by atoms with Gasteiger partial charge in [-0.1, -0.05) is 42.5 Å². The van der Waals surface area contributed by atoms with Gasteiger partial charge in [0, 0.05) is 18.5 Å². The Morgan fingerprint density at radius 2 is 1.77 bits per heavy atom. The number of anilines is 1. The molecule has 1 aromatic heterocycles. The molecule has 134 valence electrons. The molecule has 4 heteroatoms. The second-order valence-electron chi connectivity index (χ2n) is 7.39. The first-order valence-electron chi connectivity index (χ1n) is 9.40. The Balaban J connectivity index is 1.52. The molecule has 1 saturated heterocycles. The van der Waals surface area contributed by atoms with Crippen LogP contribution >= 0.6 is 0 Å². The fraction of sp³-hybridized carbons (Fsp3) is 0.364. The van der Waals surface area contributed by atoms with E-state index in [-0.39, 0.29) is 12.0 Å². The number of hydrogen-bond acceptors (Lipinski definition) is 4. The SMILES string of the molecule is OC[C@@]1(CCc2ccccc2)CCCN(c2cnc3ccccc3n2)C1. The molecule has 3 aromatic rings. The van der Waals surface area contributed by atoms with Gasteiger partial charge in [-0.05, 0) is 43.4 Å². The van der Waals surface area contributed by atoms with Crippen molar-refractivity contribution in [1.29, 1.82) is 0 Å². The van der Waals surface area contributed by atoms with Gasteiger partial charge in [0.2, 0.25) is 0 Å². The van der Waals surface area contributed by atoms with Gasteiger partial charge in [0.15, 0.2) is 0 Å². The minimum atomic E-state index is -0.0680. The van der Waals surface area contributed by atoms with Crippen LogP contribution in [-0.4, -0.2) is 34.8 Å². The third-order valence-corrected chi connectivity index (χ3v) is 5.54. The van der Waals surface area contributed by atoms with E-state index in [0.29, 0.717) is 0 Å². The summed E-state index contributed by atoms with van der Waals surface area (Å²) in [5.74, 6) is 0.918. The van der Waals surface area contributed by atoms with E-state index in [1.54, 1.807) is 0 Å². The number of aromatic nitrogens is 2. The molecule has 1 aliphatic heterocycles. The summed E-state index contributed by atoms with van der Waals surface area (Å²) in [6.45, 7) is 2.03. The van der Waals surface area contributed by atoms with Crippen molar-refractivity contribution in [3.05, 3.63) is 66.4 Å². The van der Waals surface area contributed by atoms with Crippen molar-refractivity contribution < 1.29 is 5.11 Å². The van der Waals surface area contributed by atoms with Gasteiger partial charge in [-0.25, -0.2) is 4.98 Å². The fourth-order valence-corrected chi connectivity index (χ4v) is 3.97. The van der Waals surface area contributed by atoms with Gasteiger partial charge in [0.25, 0.3) is 0 Å². The molecule has 0 radical (unpaired) electrons. The van der Waals surface area contributed by atoms with E-state index < -0.39 is 0 Å². The van der Waals surface area contributed by atoms with Crippen LogP contribution in [-0.2, 0) is 6.42 Å². The Labute approximate surface area is 154 Å². The smallest absolute Gasteiger partial charge is 0.147 e. The summed E-state index contributed by atoms with van der Waals surface area (Å²) < 4.78 is 0. The minimum Gasteiger partial charge on any atom is -0.396 e. The summed E-state index contributed by atoms with van der Waals surface area (Å²) in [6.07, 6.45) is 5.99. The number of rotatable bonds is 5. The van der Waals surface area contributed by atoms with Gasteiger partial charge < -0.3 is 10.0 Å². The van der Waals surface area contributed by atoms with E-state index in [2.05, 4.69) is 34.1 Å². The molecule has 1 aliphatic rings. The van der Waals surface area contributed by atoms with Crippen LogP contribution in [0.2, 0.25) is 0 Å². The third kappa shape index (κ3) is 3.56. The summed E-state index contributed by atoms with van der Waals surface area (Å²) in [6, 6.07) is 18.5. The standard InChI is InChI=1S/C22H25N3O/c26-17-22(13-11-18-7-2-1-3-8-18)12-6-14-25(16-22)21-15-23-19-9-4-5-10-20(19)24-21/h1-5,7-10,15,26H,6,11-14,16-17H2/t22-/m1/s1. The van der Waals surface area contributed by atoms with Crippen molar-refractivity contribution in [2.45, 2.75) is 25.7 Å². The van der Waals surface area contributed by atoms with Gasteiger partial charge in [-0.3, -0.25) is 4.98 Å². The lowest BCUT2D eigenvalue weighted by atomic mass is 9.76. The van der Waals surface area contributed by atoms with Crippen molar-refractivity contribution in [1.82, 2.24) is 9.97 Å². The molecule has 1 atom stereocenters. The molecule has 1 fully saturated rings. The van der Waals surface area contributed by atoms with Crippen LogP contribution in [0.4, 0.5) is 5.82 Å². The van der Waals surface area contributed by atoms with E-state index in [9.17, 15) is 5.11 Å². The van der Waals surface area contributed by atoms with Crippen molar-refractivity contribution in [2.75, 3.05) is 24.6 Å². The summed E-state index contributed by atoms with van der Waals surface area (Å²) in [5.41, 5.74) is 3.12. The molecule has 2 heterocycles. The Hall–Kier alpha value is -2.46. The number of aliphatic hydroxyl groups excluding tert-OH is 1. The van der Waals surface area contributed by atoms with Gasteiger partial charge in [-0.15, -0.1) is 0 Å². The van der Waals surface area contributed by atoms with Crippen LogP contribution < -0.4 is 4.90 Å². The predicted octanol–water partition coefficient (Wildman–Crippen LogP) is 3.84. The zero-order chi connectivity index (χ0) is 17.8. The first-order chi connectivity index (χ1) is 12.8. The van der Waals surface area contributed by atoms with Crippen molar-refractivity contribution in [3.8, 4) is 0 Å². The molecule has 26 heavy (non-hydrogen) atoms. The number of benzene rings is 2. The number of fused-ring (bicyclic) bond motifs is 1. The fourth-order valence-electron chi connectivity index (χ4n) is 3.97. The van der Waals surface area contributed by atoms with Gasteiger partial charge in [0.05, 0.1) is 23.8 Å². The van der Waals surface area contributed by atoms with Gasteiger partial charge in [0.1, 0.15) is 5.82 Å². The normalized spacial score (nSPS) is 20.4. The summed E-state index contributed by atoms with van der Waals surface area (Å²) in [4.78, 5) is 11.7. The molecule has 0 amide bonds. The topological polar surface area (TPSA) is 49.2 Å². The molecular formula is C22H25N3O. The highest BCUT2D eigenvalue weighted by Gasteiger charge is 2.35. The lowest BCUT2D eigenvalue weighted by Crippen LogP contribution is -2.46. The average molecular weight is 347 g/mol. The molecule has 1 N–H and O–H groups in total. The van der Waals surface area contributed by atoms with E-state index >= 15 is 0 Å². The van der Waals surface area contributed by atoms with E-state index in [4.69, 9.17) is 4.98 Å². The quantitative estimate of drug-likeness (QED) is 0.762. The number of piperidine rings is 1. The van der Waals surface area contributed by atoms with E-state index in [0.717, 1.165) is 55.6 Å². The average Bonchev–Trinajstić information content (AvgIpc) is 2.73. The molecular weight excluding hydrogens is 322 g/mol. The first kappa shape index (κ1) is 17.0. The number of aliphatic hydroxyl groups is 1. The number of aryl methyl sites for hydroxylation is 1. The van der Waals surface area contributed by atoms with Gasteiger partial charge >= 0.3 is 0 Å². The summed E-state index contributed by atoms with van der Waals surface area (Å²) >= 11 is 0. The molecule has 0 unspecified atom stereocenters. The molecule has 0 spiro atoms. The maximum atomic E-state index is 10.2. The van der Waals surface area contributed by atoms with Crippen molar-refractivity contribution >= 4 is 16.9 Å². The Morgan fingerprint density at radius 1 is 1.00 bits per heavy atom. The predicted molar refractivity (Wildman–Crippen MR) is 105 cm³/mol. The Morgan fingerprint density at radius 3 is 2.58 bits per heavy atom. The molecule has 0 aliphatic carbocycles. The van der Waals surface area contributed by atoms with E-state index in [1.807, 2.05) is 36.5 Å². The lowest BCUT2D eigenvalue weighted by molar-refractivity contribution is 0.0963. The van der Waals surface area contributed by atoms with Crippen LogP contribution in [0.15, 0.2) is 60.8 Å². The number of para-hydroxylation sites is 2. The monoisotopic (exact) mass is 347 g/mol. The second kappa shape index (κ2) is 7.42. The minimum absolute atomic E-state index is 0.0680. The van der Waals surface area contributed by atoms with Crippen LogP contribution in [0.1, 0.15) is 24.8 Å². The van der Waals surface area contributed by atoms with Crippen molar-refractivity contribution in [3.63, 3.8) is 0 Å². The molecule has 4 rings (SSSR count). The summed E-state index contributed by atoms with van der Waals surface area (Å²) in [7, 11) is 0. The Kier molecular flexibility index (Phi) is 4.85. The summed E-state index contributed by atoms with van der Waals surface area (Å²) in [5, 5.41) is 10.2. The largest absolute Gasteiger partial charge is 0.396 e. The van der Waals surface area contributed by atoms with Crippen LogP contribution in [0.25, 0.3) is 11.0 Å². The first-order valence-corrected chi connectivity index (χ1v) is 9.40. The Bertz CT molecular complexity index is 867. The molecule has 2 aromatic carbocycles. The van der Waals surface area contributed by atoms with E-state index in [1.165, 1.54) is 5.56 Å². The number of nitrogens with zero attached hydrogens (tertiary/aromatic N) is 3. The molecule has 0 saturated carbocycles. The van der Waals surface area contributed by atoms with Crippen LogP contribution in [0, 0.1) is 5.41 Å². The highest BCUT2D eigenvalue weighted by molar-refractivity contribution is 5.75. The maximum Gasteiger partial charge on any atom is 0.147 e. The van der Waals surface area contributed by atoms with Gasteiger partial charge in [-0.2, -0.15) is 0 Å². The van der Waals surface area contributed by atoms with Crippen LogP contribution in [0.5, 0.6) is 0 Å². The van der Waals surface area contributed by atoms with Crippen molar-refractivity contribution in [2.24, 2.45) is 5.41 Å². The zero-order valence-corrected chi connectivity index (χ0v) is 15.0. The highest BCUT2D eigenvalue weighted by Crippen LogP contribution is 2.36. The third-order valence-electron chi connectivity index (χ3n) is 5.54. The molecule has 4 nitrogen and oxygen atoms in total. The zero-order valence-electron chi connectivity index (χ0n) is 15.0. The number of hydrogen-bond donors (Lipinski definition) is 1. The lowest BCUT2D eigenvalue weighted by Gasteiger charge is -2.42. The second-order valence-corrected chi connectivity index (χ2v) is 7.39. The molecule has 0 bridgehead atoms. The van der Waals surface area contributed by atoms with Crippen LogP contribution in [0.3, 0.4) is 0 Å².